The van der Waals surface area contributed by atoms with Crippen LogP contribution in [-0.4, -0.2) is 54.3 Å². The number of methoxy groups -OCH3 is 1. The summed E-state index contributed by atoms with van der Waals surface area (Å²) in [6.07, 6.45) is -1.16. The zero-order valence-electron chi connectivity index (χ0n) is 12.1. The summed E-state index contributed by atoms with van der Waals surface area (Å²) in [4.78, 5) is 43.2. The van der Waals surface area contributed by atoms with Gasteiger partial charge in [-0.3, -0.25) is 18.9 Å². The molecule has 2 heterocycles. The summed E-state index contributed by atoms with van der Waals surface area (Å²) in [6, 6.07) is 1.13. The minimum absolute atomic E-state index is 0.124. The maximum atomic E-state index is 11.8. The van der Waals surface area contributed by atoms with Gasteiger partial charge in [0, 0.05) is 25.8 Å². The third-order valence-electron chi connectivity index (χ3n) is 3.45. The number of nitrogens with zero attached hydrogens (tertiary/aromatic N) is 1. The smallest absolute Gasteiger partial charge is 0.341 e. The van der Waals surface area contributed by atoms with Crippen LogP contribution in [0.15, 0.2) is 32.5 Å². The van der Waals surface area contributed by atoms with Crippen LogP contribution in [0.2, 0.25) is 0 Å². The standard InChI is InChI=1S/C11H13B2N2O7P/c1-21-6-4-5(8(12)9(13)23(18,19)20)22-10(6)15-3-2-7(16)14-11(15)17/h2-3,5-6,10H,4H2,1H3,(H,14,16,17)(H2,18,19,20)/b9-8-/t5-,6+,10+/m0/s1. The molecule has 0 amide bonds. The highest BCUT2D eigenvalue weighted by atomic mass is 31.2. The SMILES string of the molecule is [B]/C(=C(/[B])P(=O)(O)O)[C@@H]1C[C@@H](OC)[C@H](n2ccc(=O)[nH]c2=O)O1. The minimum Gasteiger partial charge on any atom is -0.377 e. The number of rotatable bonds is 4. The van der Waals surface area contributed by atoms with E-state index in [-0.39, 0.29) is 11.9 Å². The number of aromatic nitrogens is 2. The van der Waals surface area contributed by atoms with Crippen LogP contribution in [0.5, 0.6) is 0 Å². The summed E-state index contributed by atoms with van der Waals surface area (Å²) in [6.45, 7) is 0. The van der Waals surface area contributed by atoms with Crippen molar-refractivity contribution in [3.05, 3.63) is 43.8 Å². The first-order valence-electron chi connectivity index (χ1n) is 6.46. The lowest BCUT2D eigenvalue weighted by Gasteiger charge is -2.20. The number of H-pyrrole nitrogens is 1. The molecule has 0 aromatic carbocycles. The van der Waals surface area contributed by atoms with Gasteiger partial charge in [-0.2, -0.15) is 0 Å². The van der Waals surface area contributed by atoms with E-state index in [1.165, 1.54) is 13.3 Å². The Morgan fingerprint density at radius 3 is 2.65 bits per heavy atom. The molecule has 3 N–H and O–H groups in total. The van der Waals surface area contributed by atoms with Gasteiger partial charge in [0.25, 0.3) is 5.56 Å². The third-order valence-corrected chi connectivity index (χ3v) is 4.34. The van der Waals surface area contributed by atoms with E-state index in [0.717, 1.165) is 10.6 Å². The molecular weight excluding hydrogens is 325 g/mol. The lowest BCUT2D eigenvalue weighted by Crippen LogP contribution is -2.35. The molecule has 1 saturated heterocycles. The highest BCUT2D eigenvalue weighted by Crippen LogP contribution is 2.46. The predicted octanol–water partition coefficient (Wildman–Crippen LogP) is -1.48. The quantitative estimate of drug-likeness (QED) is 0.451. The fourth-order valence-corrected chi connectivity index (χ4v) is 2.74. The first-order chi connectivity index (χ1) is 10.6. The third kappa shape index (κ3) is 3.76. The topological polar surface area (TPSA) is 131 Å². The van der Waals surface area contributed by atoms with Crippen molar-refractivity contribution in [1.82, 2.24) is 9.55 Å². The number of hydrogen-bond donors (Lipinski definition) is 3. The number of ether oxygens (including phenoxy) is 2. The molecule has 1 fully saturated rings. The molecule has 2 rings (SSSR count). The van der Waals surface area contributed by atoms with Gasteiger partial charge in [-0.1, -0.05) is 5.47 Å². The molecule has 4 radical (unpaired) electrons. The van der Waals surface area contributed by atoms with E-state index in [1.54, 1.807) is 0 Å². The summed E-state index contributed by atoms with van der Waals surface area (Å²) >= 11 is 0. The Labute approximate surface area is 133 Å². The van der Waals surface area contributed by atoms with E-state index in [0.29, 0.717) is 0 Å². The Morgan fingerprint density at radius 2 is 2.13 bits per heavy atom. The van der Waals surface area contributed by atoms with Gasteiger partial charge in [-0.25, -0.2) is 4.79 Å². The molecule has 1 aromatic rings. The molecule has 0 bridgehead atoms. The van der Waals surface area contributed by atoms with Crippen LogP contribution in [0.4, 0.5) is 0 Å². The van der Waals surface area contributed by atoms with E-state index in [4.69, 9.17) is 35.0 Å². The van der Waals surface area contributed by atoms with Crippen molar-refractivity contribution in [3.8, 4) is 0 Å². The van der Waals surface area contributed by atoms with Crippen LogP contribution < -0.4 is 11.2 Å². The molecule has 12 heteroatoms. The monoisotopic (exact) mass is 338 g/mol. The molecule has 1 aromatic heterocycles. The van der Waals surface area contributed by atoms with Gasteiger partial charge in [0.05, 0.1) is 6.10 Å². The van der Waals surface area contributed by atoms with Crippen molar-refractivity contribution in [2.24, 2.45) is 0 Å². The summed E-state index contributed by atoms with van der Waals surface area (Å²) < 4.78 is 23.0. The van der Waals surface area contributed by atoms with Gasteiger partial charge in [-0.15, -0.1) is 0 Å². The van der Waals surface area contributed by atoms with Crippen LogP contribution in [0.25, 0.3) is 0 Å². The second-order valence-electron chi connectivity index (χ2n) is 4.93. The van der Waals surface area contributed by atoms with Crippen LogP contribution >= 0.6 is 7.60 Å². The molecule has 3 atom stereocenters. The van der Waals surface area contributed by atoms with Crippen molar-refractivity contribution >= 4 is 23.3 Å². The average Bonchev–Trinajstić information content (AvgIpc) is 2.88. The second-order valence-corrected chi connectivity index (χ2v) is 6.50. The first kappa shape index (κ1) is 18.0. The molecule has 1 aliphatic rings. The molecule has 0 aliphatic carbocycles. The zero-order valence-corrected chi connectivity index (χ0v) is 13.0. The van der Waals surface area contributed by atoms with Gasteiger partial charge in [-0.05, 0) is 5.21 Å². The highest BCUT2D eigenvalue weighted by Gasteiger charge is 2.39. The van der Waals surface area contributed by atoms with Crippen LogP contribution in [0.3, 0.4) is 0 Å². The molecular formula is C11H13B2N2O7P. The van der Waals surface area contributed by atoms with Gasteiger partial charge >= 0.3 is 13.3 Å². The Balaban J connectivity index is 2.36. The molecule has 23 heavy (non-hydrogen) atoms. The maximum absolute atomic E-state index is 11.8. The van der Waals surface area contributed by atoms with E-state index >= 15 is 0 Å². The van der Waals surface area contributed by atoms with Gasteiger partial charge in [0.1, 0.15) is 21.8 Å². The molecule has 120 valence electrons. The molecule has 0 spiro atoms. The normalized spacial score (nSPS) is 26.1. The van der Waals surface area contributed by atoms with E-state index in [9.17, 15) is 14.2 Å². The lowest BCUT2D eigenvalue weighted by atomic mass is 9.83. The van der Waals surface area contributed by atoms with Crippen molar-refractivity contribution in [2.45, 2.75) is 24.9 Å². The average molecular weight is 338 g/mol. The first-order valence-corrected chi connectivity index (χ1v) is 8.07. The van der Waals surface area contributed by atoms with Crippen molar-refractivity contribution < 1.29 is 23.8 Å². The lowest BCUT2D eigenvalue weighted by molar-refractivity contribution is -0.0439. The van der Waals surface area contributed by atoms with Crippen LogP contribution in [0.1, 0.15) is 12.6 Å². The predicted molar refractivity (Wildman–Crippen MR) is 81.2 cm³/mol. The van der Waals surface area contributed by atoms with Crippen molar-refractivity contribution in [3.63, 3.8) is 0 Å². The molecule has 9 nitrogen and oxygen atoms in total. The number of aromatic amines is 1. The van der Waals surface area contributed by atoms with Gasteiger partial charge < -0.3 is 19.3 Å². The number of hydrogen-bond acceptors (Lipinski definition) is 5. The highest BCUT2D eigenvalue weighted by molar-refractivity contribution is 7.59. The summed E-state index contributed by atoms with van der Waals surface area (Å²) in [5, 5.41) is -0.785. The largest absolute Gasteiger partial charge is 0.377 e. The molecule has 0 saturated carbocycles. The Hall–Kier alpha value is -1.38. The van der Waals surface area contributed by atoms with E-state index < -0.39 is 42.5 Å². The van der Waals surface area contributed by atoms with E-state index in [2.05, 4.69) is 4.98 Å². The van der Waals surface area contributed by atoms with E-state index in [1.807, 2.05) is 0 Å². The maximum Gasteiger partial charge on any atom is 0.341 e. The Kier molecular flexibility index (Phi) is 5.17. The van der Waals surface area contributed by atoms with Crippen LogP contribution in [0, 0.1) is 0 Å². The molecule has 1 aliphatic heterocycles. The summed E-state index contributed by atoms with van der Waals surface area (Å²) in [7, 11) is 7.69. The van der Waals surface area contributed by atoms with Gasteiger partial charge in [0.2, 0.25) is 0 Å². The van der Waals surface area contributed by atoms with Gasteiger partial charge in [0.15, 0.2) is 6.23 Å². The minimum atomic E-state index is -4.71. The second kappa shape index (κ2) is 6.62. The zero-order chi connectivity index (χ0) is 17.4. The number of nitrogens with one attached hydrogen (secondary N) is 1. The Bertz CT molecular complexity index is 783. The Morgan fingerprint density at radius 1 is 1.48 bits per heavy atom. The summed E-state index contributed by atoms with van der Waals surface area (Å²) in [5.74, 6) is 0. The fraction of sp³-hybridized carbons (Fsp3) is 0.455. The molecule has 0 unspecified atom stereocenters. The fourth-order valence-electron chi connectivity index (χ4n) is 2.26. The van der Waals surface area contributed by atoms with Crippen molar-refractivity contribution in [1.29, 1.82) is 0 Å². The van der Waals surface area contributed by atoms with Crippen LogP contribution in [-0.2, 0) is 14.0 Å². The van der Waals surface area contributed by atoms with Crippen molar-refractivity contribution in [2.75, 3.05) is 7.11 Å². The summed E-state index contributed by atoms with van der Waals surface area (Å²) in [5.41, 5.74) is -1.60.